The summed E-state index contributed by atoms with van der Waals surface area (Å²) in [5, 5.41) is 10.7. The van der Waals surface area contributed by atoms with Crippen LogP contribution in [0.2, 0.25) is 0 Å². The van der Waals surface area contributed by atoms with Crippen LogP contribution < -0.4 is 21.6 Å². The van der Waals surface area contributed by atoms with E-state index in [9.17, 15) is 0 Å². The monoisotopic (exact) mass is 485 g/mol. The van der Waals surface area contributed by atoms with E-state index in [-0.39, 0.29) is 0 Å². The molecule has 5 rings (SSSR count). The van der Waals surface area contributed by atoms with Gasteiger partial charge in [0.2, 0.25) is 0 Å². The number of hydrogen-bond acceptors (Lipinski definition) is 5. The SMILES string of the molecule is C=N\C=C(/C=c1/c(-c2cc3c([nH]2)CC(N)=CC=C3N2CCCCC2)nn(C)/c1=C\C)C1CCNCC1. The molecule has 7 heteroatoms. The first-order valence-corrected chi connectivity index (χ1v) is 13.3. The van der Waals surface area contributed by atoms with Crippen LogP contribution in [0, 0.1) is 5.92 Å². The molecule has 7 nitrogen and oxygen atoms in total. The Bertz CT molecular complexity index is 1320. The van der Waals surface area contributed by atoms with Crippen molar-refractivity contribution in [2.45, 2.75) is 45.4 Å². The van der Waals surface area contributed by atoms with Crippen LogP contribution >= 0.6 is 0 Å². The summed E-state index contributed by atoms with van der Waals surface area (Å²) in [4.78, 5) is 10.4. The van der Waals surface area contributed by atoms with Gasteiger partial charge in [-0.2, -0.15) is 5.10 Å². The number of nitrogens with two attached hydrogens (primary N) is 1. The summed E-state index contributed by atoms with van der Waals surface area (Å²) in [6.45, 7) is 10.1. The molecule has 0 atom stereocenters. The number of aromatic nitrogens is 3. The van der Waals surface area contributed by atoms with Crippen LogP contribution in [0.15, 0.2) is 40.7 Å². The highest BCUT2D eigenvalue weighted by Crippen LogP contribution is 2.32. The predicted molar refractivity (Wildman–Crippen MR) is 149 cm³/mol. The average Bonchev–Trinajstić information content (AvgIpc) is 3.40. The number of nitrogens with one attached hydrogen (secondary N) is 2. The summed E-state index contributed by atoms with van der Waals surface area (Å²) >= 11 is 0. The molecule has 0 spiro atoms. The summed E-state index contributed by atoms with van der Waals surface area (Å²) in [6, 6.07) is 2.28. The standard InChI is InChI=1S/C29H39N7/c1-4-27-24(16-21(19-31-2)20-10-12-32-13-11-20)29(34-35(27)3)26-18-23-25(33-26)17-22(30)8-9-28(23)36-14-6-5-7-15-36/h4,8-9,16,18-20,32-33H,2,5-7,10-15,17,30H2,1,3H3/b21-19+,24-16+,27-4-. The third-order valence-electron chi connectivity index (χ3n) is 7.73. The van der Waals surface area contributed by atoms with Gasteiger partial charge in [0, 0.05) is 60.6 Å². The van der Waals surface area contributed by atoms with E-state index in [2.05, 4.69) is 64.2 Å². The molecule has 2 saturated heterocycles. The van der Waals surface area contributed by atoms with Gasteiger partial charge in [0.25, 0.3) is 0 Å². The number of aryl methyl sites for hydroxylation is 1. The third-order valence-corrected chi connectivity index (χ3v) is 7.73. The van der Waals surface area contributed by atoms with E-state index in [1.165, 1.54) is 36.1 Å². The minimum Gasteiger partial charge on any atom is -0.402 e. The summed E-state index contributed by atoms with van der Waals surface area (Å²) in [5.74, 6) is 0.466. The number of likely N-dealkylation sites (tertiary alicyclic amines) is 1. The highest BCUT2D eigenvalue weighted by Gasteiger charge is 2.23. The highest BCUT2D eigenvalue weighted by atomic mass is 15.3. The molecular formula is C29H39N7. The lowest BCUT2D eigenvalue weighted by molar-refractivity contribution is 0.326. The first-order chi connectivity index (χ1) is 17.6. The number of hydrogen-bond donors (Lipinski definition) is 3. The Labute approximate surface area is 213 Å². The van der Waals surface area contributed by atoms with Gasteiger partial charge in [0.1, 0.15) is 5.69 Å². The van der Waals surface area contributed by atoms with E-state index in [1.54, 1.807) is 0 Å². The Kier molecular flexibility index (Phi) is 7.28. The van der Waals surface area contributed by atoms with Crippen LogP contribution in [-0.2, 0) is 13.5 Å². The van der Waals surface area contributed by atoms with E-state index in [4.69, 9.17) is 10.8 Å². The first-order valence-electron chi connectivity index (χ1n) is 13.3. The second kappa shape index (κ2) is 10.7. The number of H-pyrrole nitrogens is 1. The zero-order valence-corrected chi connectivity index (χ0v) is 21.7. The van der Waals surface area contributed by atoms with E-state index in [0.717, 1.165) is 72.4 Å². The fourth-order valence-electron chi connectivity index (χ4n) is 5.87. The van der Waals surface area contributed by atoms with Crippen LogP contribution in [0.1, 0.15) is 50.3 Å². The van der Waals surface area contributed by atoms with Gasteiger partial charge < -0.3 is 20.9 Å². The van der Waals surface area contributed by atoms with Crippen molar-refractivity contribution in [3.05, 3.63) is 57.5 Å². The molecule has 36 heavy (non-hydrogen) atoms. The van der Waals surface area contributed by atoms with Gasteiger partial charge in [0.15, 0.2) is 0 Å². The quantitative estimate of drug-likeness (QED) is 0.569. The number of nitrogens with zero attached hydrogens (tertiary/aromatic N) is 4. The number of aliphatic imine (C=N–C) groups is 1. The van der Waals surface area contributed by atoms with E-state index < -0.39 is 0 Å². The van der Waals surface area contributed by atoms with Crippen LogP contribution in [-0.4, -0.2) is 52.6 Å². The van der Waals surface area contributed by atoms with E-state index >= 15 is 0 Å². The zero-order chi connectivity index (χ0) is 25.1. The molecule has 0 bridgehead atoms. The van der Waals surface area contributed by atoms with Crippen molar-refractivity contribution in [2.24, 2.45) is 23.7 Å². The zero-order valence-electron chi connectivity index (χ0n) is 21.7. The topological polar surface area (TPSA) is 87.3 Å². The fraction of sp³-hybridized carbons (Fsp3) is 0.448. The maximum Gasteiger partial charge on any atom is 0.116 e. The summed E-state index contributed by atoms with van der Waals surface area (Å²) in [6.07, 6.45) is 17.3. The predicted octanol–water partition coefficient (Wildman–Crippen LogP) is 2.81. The van der Waals surface area contributed by atoms with Crippen molar-refractivity contribution in [3.8, 4) is 11.4 Å². The van der Waals surface area contributed by atoms with Crippen molar-refractivity contribution in [1.82, 2.24) is 25.0 Å². The molecule has 2 aliphatic heterocycles. The van der Waals surface area contributed by atoms with Gasteiger partial charge in [0.05, 0.1) is 11.0 Å². The van der Waals surface area contributed by atoms with Gasteiger partial charge >= 0.3 is 0 Å². The van der Waals surface area contributed by atoms with Crippen LogP contribution in [0.3, 0.4) is 0 Å². The maximum absolute atomic E-state index is 6.37. The largest absolute Gasteiger partial charge is 0.402 e. The fourth-order valence-corrected chi connectivity index (χ4v) is 5.87. The van der Waals surface area contributed by atoms with Crippen molar-refractivity contribution in [2.75, 3.05) is 26.2 Å². The Hall–Kier alpha value is -3.32. The molecule has 2 aromatic rings. The van der Waals surface area contributed by atoms with Gasteiger partial charge in [-0.25, -0.2) is 0 Å². The number of fused-ring (bicyclic) bond motifs is 1. The molecular weight excluding hydrogens is 446 g/mol. The molecule has 0 amide bonds. The van der Waals surface area contributed by atoms with Gasteiger partial charge in [-0.15, -0.1) is 0 Å². The van der Waals surface area contributed by atoms with Gasteiger partial charge in [-0.1, -0.05) is 6.08 Å². The number of allylic oxidation sites excluding steroid dienone is 4. The lowest BCUT2D eigenvalue weighted by atomic mass is 9.89. The minimum atomic E-state index is 0.466. The molecule has 0 radical (unpaired) electrons. The normalized spacial score (nSPS) is 20.7. The van der Waals surface area contributed by atoms with Crippen molar-refractivity contribution >= 4 is 24.6 Å². The number of rotatable bonds is 5. The molecule has 2 aromatic heterocycles. The van der Waals surface area contributed by atoms with Crippen LogP contribution in [0.4, 0.5) is 0 Å². The second-order valence-corrected chi connectivity index (χ2v) is 10.1. The Morgan fingerprint density at radius 3 is 2.69 bits per heavy atom. The smallest absolute Gasteiger partial charge is 0.116 e. The molecule has 0 saturated carbocycles. The average molecular weight is 486 g/mol. The first kappa shape index (κ1) is 24.4. The van der Waals surface area contributed by atoms with E-state index in [1.807, 2.05) is 17.9 Å². The summed E-state index contributed by atoms with van der Waals surface area (Å²) in [5.41, 5.74) is 14.1. The molecule has 4 N–H and O–H groups in total. The van der Waals surface area contributed by atoms with Crippen molar-refractivity contribution < 1.29 is 0 Å². The van der Waals surface area contributed by atoms with Crippen molar-refractivity contribution in [3.63, 3.8) is 0 Å². The lowest BCUT2D eigenvalue weighted by Crippen LogP contribution is -2.31. The van der Waals surface area contributed by atoms with Gasteiger partial charge in [-0.3, -0.25) is 9.67 Å². The minimum absolute atomic E-state index is 0.466. The molecule has 3 aliphatic rings. The second-order valence-electron chi connectivity index (χ2n) is 10.1. The number of piperidine rings is 2. The Morgan fingerprint density at radius 2 is 1.97 bits per heavy atom. The Balaban J connectivity index is 1.63. The molecule has 0 unspecified atom stereocenters. The molecule has 0 aromatic carbocycles. The summed E-state index contributed by atoms with van der Waals surface area (Å²) < 4.78 is 1.98. The molecule has 190 valence electrons. The van der Waals surface area contributed by atoms with Crippen molar-refractivity contribution in [1.29, 1.82) is 0 Å². The van der Waals surface area contributed by atoms with Crippen LogP contribution in [0.5, 0.6) is 0 Å². The lowest BCUT2D eigenvalue weighted by Gasteiger charge is -2.31. The highest BCUT2D eigenvalue weighted by molar-refractivity contribution is 5.75. The Morgan fingerprint density at radius 1 is 1.19 bits per heavy atom. The maximum atomic E-state index is 6.37. The third kappa shape index (κ3) is 4.85. The molecule has 4 heterocycles. The van der Waals surface area contributed by atoms with Gasteiger partial charge in [-0.05, 0) is 94.6 Å². The summed E-state index contributed by atoms with van der Waals surface area (Å²) in [7, 11) is 2.02. The number of aromatic amines is 1. The van der Waals surface area contributed by atoms with E-state index in [0.29, 0.717) is 12.3 Å². The molecule has 2 fully saturated rings. The van der Waals surface area contributed by atoms with Crippen LogP contribution in [0.25, 0.3) is 29.2 Å². The molecule has 1 aliphatic carbocycles.